The molecule has 0 radical (unpaired) electrons. The molecule has 114 valence electrons. The molecule has 0 aromatic heterocycles. The monoisotopic (exact) mass is 277 g/mol. The first-order valence-electron chi connectivity index (χ1n) is 7.98. The fraction of sp³-hybridized carbons (Fsp3) is 0.667. The highest BCUT2D eigenvalue weighted by molar-refractivity contribution is 5.19. The molecule has 0 aliphatic heterocycles. The van der Waals surface area contributed by atoms with Gasteiger partial charge in [0.15, 0.2) is 0 Å². The number of likely N-dealkylation sites (N-methyl/N-ethyl adjacent to an activating group) is 1. The molecule has 1 aromatic rings. The molecule has 0 heterocycles. The zero-order valence-electron chi connectivity index (χ0n) is 13.7. The second-order valence-electron chi connectivity index (χ2n) is 6.19. The van der Waals surface area contributed by atoms with E-state index in [2.05, 4.69) is 39.5 Å². The molecule has 20 heavy (non-hydrogen) atoms. The van der Waals surface area contributed by atoms with Crippen molar-refractivity contribution in [3.63, 3.8) is 0 Å². The van der Waals surface area contributed by atoms with Gasteiger partial charge >= 0.3 is 0 Å². The van der Waals surface area contributed by atoms with Crippen molar-refractivity contribution in [1.82, 2.24) is 4.90 Å². The van der Waals surface area contributed by atoms with Crippen LogP contribution in [0.2, 0.25) is 0 Å². The number of benzene rings is 1. The second kappa shape index (κ2) is 8.43. The van der Waals surface area contributed by atoms with E-state index in [0.29, 0.717) is 11.8 Å². The number of hydrogen-bond acceptors (Lipinski definition) is 2. The van der Waals surface area contributed by atoms with Crippen molar-refractivity contribution in [2.45, 2.75) is 53.2 Å². The first-order chi connectivity index (χ1) is 9.51. The maximum atomic E-state index is 10.8. The van der Waals surface area contributed by atoms with E-state index in [1.807, 2.05) is 30.3 Å². The van der Waals surface area contributed by atoms with Crippen LogP contribution in [-0.2, 0) is 0 Å². The van der Waals surface area contributed by atoms with Gasteiger partial charge in [0.2, 0.25) is 0 Å². The van der Waals surface area contributed by atoms with Crippen molar-refractivity contribution < 1.29 is 5.11 Å². The van der Waals surface area contributed by atoms with Crippen LogP contribution in [0.15, 0.2) is 30.3 Å². The van der Waals surface area contributed by atoms with E-state index in [1.54, 1.807) is 0 Å². The number of aliphatic hydroxyl groups excluding tert-OH is 1. The molecule has 0 fully saturated rings. The van der Waals surface area contributed by atoms with Crippen molar-refractivity contribution in [2.75, 3.05) is 13.1 Å². The average Bonchev–Trinajstić information content (AvgIpc) is 2.46. The first kappa shape index (κ1) is 17.2. The second-order valence-corrected chi connectivity index (χ2v) is 6.19. The smallest absolute Gasteiger partial charge is 0.0947 e. The third-order valence-electron chi connectivity index (χ3n) is 4.22. The minimum absolute atomic E-state index is 0.177. The number of aliphatic hydroxyl groups is 1. The Morgan fingerprint density at radius 2 is 1.65 bits per heavy atom. The van der Waals surface area contributed by atoms with Crippen LogP contribution in [0, 0.1) is 11.8 Å². The molecule has 1 aromatic carbocycles. The van der Waals surface area contributed by atoms with Gasteiger partial charge in [0, 0.05) is 12.6 Å². The van der Waals surface area contributed by atoms with Crippen LogP contribution < -0.4 is 0 Å². The van der Waals surface area contributed by atoms with Gasteiger partial charge in [-0.05, 0) is 23.9 Å². The van der Waals surface area contributed by atoms with Crippen LogP contribution in [0.4, 0.5) is 0 Å². The SMILES string of the molecule is CCC(C)CN(CC)C(C(C)C)C(O)c1ccccc1. The zero-order valence-corrected chi connectivity index (χ0v) is 13.7. The quantitative estimate of drug-likeness (QED) is 0.773. The molecular weight excluding hydrogens is 246 g/mol. The van der Waals surface area contributed by atoms with Crippen molar-refractivity contribution in [3.8, 4) is 0 Å². The molecule has 0 bridgehead atoms. The van der Waals surface area contributed by atoms with Crippen LogP contribution >= 0.6 is 0 Å². The number of hydrogen-bond donors (Lipinski definition) is 1. The van der Waals surface area contributed by atoms with Gasteiger partial charge in [-0.1, -0.05) is 71.4 Å². The molecule has 0 saturated heterocycles. The minimum Gasteiger partial charge on any atom is -0.387 e. The largest absolute Gasteiger partial charge is 0.387 e. The van der Waals surface area contributed by atoms with E-state index in [0.717, 1.165) is 18.7 Å². The summed E-state index contributed by atoms with van der Waals surface area (Å²) in [6, 6.07) is 10.2. The summed E-state index contributed by atoms with van der Waals surface area (Å²) < 4.78 is 0. The zero-order chi connectivity index (χ0) is 15.1. The van der Waals surface area contributed by atoms with E-state index in [4.69, 9.17) is 0 Å². The lowest BCUT2D eigenvalue weighted by molar-refractivity contribution is 0.0178. The Hall–Kier alpha value is -0.860. The molecule has 2 heteroatoms. The third-order valence-corrected chi connectivity index (χ3v) is 4.22. The van der Waals surface area contributed by atoms with Crippen LogP contribution in [0.1, 0.15) is 52.7 Å². The van der Waals surface area contributed by atoms with E-state index in [-0.39, 0.29) is 6.04 Å². The van der Waals surface area contributed by atoms with Gasteiger partial charge in [-0.3, -0.25) is 4.90 Å². The summed E-state index contributed by atoms with van der Waals surface area (Å²) >= 11 is 0. The van der Waals surface area contributed by atoms with Crippen molar-refractivity contribution >= 4 is 0 Å². The van der Waals surface area contributed by atoms with Crippen molar-refractivity contribution in [3.05, 3.63) is 35.9 Å². The maximum absolute atomic E-state index is 10.8. The molecule has 0 spiro atoms. The summed E-state index contributed by atoms with van der Waals surface area (Å²) in [5, 5.41) is 10.8. The summed E-state index contributed by atoms with van der Waals surface area (Å²) in [6.45, 7) is 13.2. The predicted octanol–water partition coefficient (Wildman–Crippen LogP) is 4.11. The molecule has 0 amide bonds. The summed E-state index contributed by atoms with van der Waals surface area (Å²) in [4.78, 5) is 2.44. The highest BCUT2D eigenvalue weighted by Crippen LogP contribution is 2.27. The van der Waals surface area contributed by atoms with Gasteiger partial charge in [-0.25, -0.2) is 0 Å². The summed E-state index contributed by atoms with van der Waals surface area (Å²) in [7, 11) is 0. The highest BCUT2D eigenvalue weighted by atomic mass is 16.3. The molecule has 0 aliphatic rings. The summed E-state index contributed by atoms with van der Waals surface area (Å²) in [6.07, 6.45) is 0.767. The van der Waals surface area contributed by atoms with Crippen molar-refractivity contribution in [1.29, 1.82) is 0 Å². The molecule has 2 nitrogen and oxygen atoms in total. The van der Waals surface area contributed by atoms with Crippen molar-refractivity contribution in [2.24, 2.45) is 11.8 Å². The lowest BCUT2D eigenvalue weighted by Crippen LogP contribution is -2.45. The van der Waals surface area contributed by atoms with Crippen LogP contribution in [0.5, 0.6) is 0 Å². The Kier molecular flexibility index (Phi) is 7.25. The Labute approximate surface area is 124 Å². The molecule has 3 unspecified atom stereocenters. The topological polar surface area (TPSA) is 23.5 Å². The molecule has 3 atom stereocenters. The lowest BCUT2D eigenvalue weighted by Gasteiger charge is -2.38. The van der Waals surface area contributed by atoms with E-state index >= 15 is 0 Å². The first-order valence-corrected chi connectivity index (χ1v) is 7.98. The normalized spacial score (nSPS) is 16.4. The molecule has 1 rings (SSSR count). The van der Waals surface area contributed by atoms with Gasteiger partial charge in [0.1, 0.15) is 0 Å². The lowest BCUT2D eigenvalue weighted by atomic mass is 9.91. The Morgan fingerprint density at radius 1 is 1.05 bits per heavy atom. The standard InChI is InChI=1S/C18H31NO/c1-6-15(5)13-19(7-2)17(14(3)4)18(20)16-11-9-8-10-12-16/h8-12,14-15,17-18,20H,6-7,13H2,1-5H3. The minimum atomic E-state index is -0.416. The average molecular weight is 277 g/mol. The van der Waals surface area contributed by atoms with E-state index in [1.165, 1.54) is 6.42 Å². The number of rotatable bonds is 8. The predicted molar refractivity (Wildman–Crippen MR) is 86.7 cm³/mol. The Balaban J connectivity index is 2.91. The molecule has 0 saturated carbocycles. The Bertz CT molecular complexity index is 363. The maximum Gasteiger partial charge on any atom is 0.0947 e. The molecular formula is C18H31NO. The molecule has 0 aliphatic carbocycles. The Morgan fingerprint density at radius 3 is 2.10 bits per heavy atom. The summed E-state index contributed by atoms with van der Waals surface area (Å²) in [5.74, 6) is 1.09. The van der Waals surface area contributed by atoms with Gasteiger partial charge in [0.25, 0.3) is 0 Å². The van der Waals surface area contributed by atoms with Crippen LogP contribution in [0.3, 0.4) is 0 Å². The van der Waals surface area contributed by atoms with Gasteiger partial charge < -0.3 is 5.11 Å². The van der Waals surface area contributed by atoms with E-state index < -0.39 is 6.10 Å². The number of nitrogens with zero attached hydrogens (tertiary/aromatic N) is 1. The van der Waals surface area contributed by atoms with E-state index in [9.17, 15) is 5.11 Å². The molecule has 1 N–H and O–H groups in total. The summed E-state index contributed by atoms with van der Waals surface area (Å²) in [5.41, 5.74) is 1.02. The van der Waals surface area contributed by atoms with Crippen LogP contribution in [0.25, 0.3) is 0 Å². The van der Waals surface area contributed by atoms with Gasteiger partial charge in [0.05, 0.1) is 6.10 Å². The van der Waals surface area contributed by atoms with Gasteiger partial charge in [-0.15, -0.1) is 0 Å². The fourth-order valence-electron chi connectivity index (χ4n) is 2.82. The fourth-order valence-corrected chi connectivity index (χ4v) is 2.82. The van der Waals surface area contributed by atoms with Crippen LogP contribution in [-0.4, -0.2) is 29.1 Å². The highest BCUT2D eigenvalue weighted by Gasteiger charge is 2.29. The third kappa shape index (κ3) is 4.60. The van der Waals surface area contributed by atoms with Gasteiger partial charge in [-0.2, -0.15) is 0 Å².